The molecule has 0 aliphatic carbocycles. The molecule has 0 saturated heterocycles. The third kappa shape index (κ3) is 3.25. The van der Waals surface area contributed by atoms with E-state index in [0.29, 0.717) is 10.9 Å². The molecule has 96 valence electrons. The number of rotatable bonds is 4. The van der Waals surface area contributed by atoms with Crippen LogP contribution in [0.15, 0.2) is 34.2 Å². The van der Waals surface area contributed by atoms with Gasteiger partial charge in [-0.2, -0.15) is 0 Å². The minimum atomic E-state index is 0.233. The molecule has 2 aromatic rings. The smallest absolute Gasteiger partial charge is 0.145 e. The quantitative estimate of drug-likeness (QED) is 0.806. The first-order chi connectivity index (χ1) is 8.58. The summed E-state index contributed by atoms with van der Waals surface area (Å²) >= 11 is 11.3. The van der Waals surface area contributed by atoms with E-state index in [1.54, 1.807) is 17.5 Å². The van der Waals surface area contributed by atoms with Gasteiger partial charge in [-0.3, -0.25) is 0 Å². The van der Waals surface area contributed by atoms with Crippen molar-refractivity contribution in [1.29, 1.82) is 0 Å². The van der Waals surface area contributed by atoms with Gasteiger partial charge in [0.1, 0.15) is 5.82 Å². The van der Waals surface area contributed by atoms with Gasteiger partial charge in [-0.05, 0) is 39.4 Å². The lowest BCUT2D eigenvalue weighted by Crippen LogP contribution is -2.16. The van der Waals surface area contributed by atoms with Gasteiger partial charge in [0.15, 0.2) is 0 Å². The highest BCUT2D eigenvalue weighted by atomic mass is 79.9. The summed E-state index contributed by atoms with van der Waals surface area (Å²) in [5.41, 5.74) is 0. The van der Waals surface area contributed by atoms with Crippen molar-refractivity contribution in [2.75, 3.05) is 5.32 Å². The molecule has 0 fully saturated rings. The Morgan fingerprint density at radius 1 is 1.44 bits per heavy atom. The van der Waals surface area contributed by atoms with E-state index in [0.717, 1.165) is 10.3 Å². The van der Waals surface area contributed by atoms with Crippen molar-refractivity contribution in [1.82, 2.24) is 4.98 Å². The molecule has 0 aliphatic rings. The summed E-state index contributed by atoms with van der Waals surface area (Å²) < 4.78 is 0.885. The van der Waals surface area contributed by atoms with E-state index in [1.807, 2.05) is 6.07 Å². The molecule has 1 atom stereocenters. The van der Waals surface area contributed by atoms with Gasteiger partial charge in [0, 0.05) is 15.5 Å². The molecule has 0 saturated carbocycles. The Morgan fingerprint density at radius 2 is 2.22 bits per heavy atom. The Balaban J connectivity index is 2.24. The van der Waals surface area contributed by atoms with E-state index in [1.165, 1.54) is 4.88 Å². The van der Waals surface area contributed by atoms with Crippen LogP contribution >= 0.6 is 38.9 Å². The minimum Gasteiger partial charge on any atom is -0.361 e. The van der Waals surface area contributed by atoms with Crippen LogP contribution in [0.25, 0.3) is 0 Å². The lowest BCUT2D eigenvalue weighted by molar-refractivity contribution is 0.552. The molecule has 2 aromatic heterocycles. The van der Waals surface area contributed by atoms with Gasteiger partial charge in [0.2, 0.25) is 0 Å². The zero-order valence-corrected chi connectivity index (χ0v) is 13.3. The fourth-order valence-corrected chi connectivity index (χ4v) is 3.34. The van der Waals surface area contributed by atoms with Crippen LogP contribution in [-0.4, -0.2) is 4.98 Å². The van der Waals surface area contributed by atoms with Crippen LogP contribution < -0.4 is 5.32 Å². The van der Waals surface area contributed by atoms with Gasteiger partial charge >= 0.3 is 0 Å². The van der Waals surface area contributed by atoms with Crippen molar-refractivity contribution in [3.8, 4) is 0 Å². The first-order valence-electron chi connectivity index (χ1n) is 5.69. The zero-order chi connectivity index (χ0) is 13.1. The standard InChI is InChI=1S/C13H14BrClN2S/c1-8(2)12(11-4-3-5-18-11)17-13-10(15)6-9(14)7-16-13/h3-8,12H,1-2H3,(H,16,17). The lowest BCUT2D eigenvalue weighted by atomic mass is 10.0. The second kappa shape index (κ2) is 6.04. The molecular weight excluding hydrogens is 332 g/mol. The molecule has 0 spiro atoms. The number of pyridine rings is 1. The first-order valence-corrected chi connectivity index (χ1v) is 7.74. The summed E-state index contributed by atoms with van der Waals surface area (Å²) in [7, 11) is 0. The van der Waals surface area contributed by atoms with Crippen molar-refractivity contribution in [2.24, 2.45) is 5.92 Å². The van der Waals surface area contributed by atoms with Crippen LogP contribution in [-0.2, 0) is 0 Å². The highest BCUT2D eigenvalue weighted by Crippen LogP contribution is 2.32. The first kappa shape index (κ1) is 13.8. The Hall–Kier alpha value is -0.580. The number of thiophene rings is 1. The second-order valence-corrected chi connectivity index (χ2v) is 6.67. The predicted octanol–water partition coefficient (Wildman–Crippen LogP) is 5.37. The summed E-state index contributed by atoms with van der Waals surface area (Å²) in [6.07, 6.45) is 1.75. The van der Waals surface area contributed by atoms with Gasteiger partial charge in [-0.1, -0.05) is 31.5 Å². The summed E-state index contributed by atoms with van der Waals surface area (Å²) in [6.45, 7) is 4.37. The Labute approximate surface area is 125 Å². The number of aromatic nitrogens is 1. The van der Waals surface area contributed by atoms with E-state index >= 15 is 0 Å². The SMILES string of the molecule is CC(C)C(Nc1ncc(Br)cc1Cl)c1cccs1. The van der Waals surface area contributed by atoms with Gasteiger partial charge in [-0.25, -0.2) is 4.98 Å². The lowest BCUT2D eigenvalue weighted by Gasteiger charge is -2.22. The van der Waals surface area contributed by atoms with Crippen molar-refractivity contribution >= 4 is 44.7 Å². The third-order valence-corrected chi connectivity index (χ3v) is 4.29. The van der Waals surface area contributed by atoms with Gasteiger partial charge in [0.05, 0.1) is 11.1 Å². The molecule has 0 bridgehead atoms. The molecule has 0 amide bonds. The highest BCUT2D eigenvalue weighted by Gasteiger charge is 2.18. The number of nitrogens with zero attached hydrogens (tertiary/aromatic N) is 1. The Morgan fingerprint density at radius 3 is 2.78 bits per heavy atom. The van der Waals surface area contributed by atoms with Gasteiger partial charge in [-0.15, -0.1) is 11.3 Å². The normalized spacial score (nSPS) is 12.7. The van der Waals surface area contributed by atoms with E-state index < -0.39 is 0 Å². The fraction of sp³-hybridized carbons (Fsp3) is 0.308. The van der Waals surface area contributed by atoms with E-state index in [9.17, 15) is 0 Å². The Kier molecular flexibility index (Phi) is 4.65. The molecule has 0 aromatic carbocycles. The summed E-state index contributed by atoms with van der Waals surface area (Å²) in [4.78, 5) is 5.62. The third-order valence-electron chi connectivity index (χ3n) is 2.62. The molecule has 18 heavy (non-hydrogen) atoms. The topological polar surface area (TPSA) is 24.9 Å². The second-order valence-electron chi connectivity index (χ2n) is 4.37. The average Bonchev–Trinajstić information content (AvgIpc) is 2.80. The van der Waals surface area contributed by atoms with Crippen molar-refractivity contribution in [3.63, 3.8) is 0 Å². The molecule has 2 heterocycles. The molecule has 5 heteroatoms. The maximum Gasteiger partial charge on any atom is 0.145 e. The van der Waals surface area contributed by atoms with E-state index in [-0.39, 0.29) is 6.04 Å². The van der Waals surface area contributed by atoms with E-state index in [2.05, 4.69) is 57.6 Å². The molecule has 1 unspecified atom stereocenters. The molecule has 0 radical (unpaired) electrons. The largest absolute Gasteiger partial charge is 0.361 e. The van der Waals surface area contributed by atoms with Crippen LogP contribution in [0.2, 0.25) is 5.02 Å². The van der Waals surface area contributed by atoms with Crippen LogP contribution in [0.3, 0.4) is 0 Å². The summed E-state index contributed by atoms with van der Waals surface area (Å²) in [6, 6.07) is 6.28. The Bertz CT molecular complexity index is 514. The van der Waals surface area contributed by atoms with Crippen molar-refractivity contribution < 1.29 is 0 Å². The van der Waals surface area contributed by atoms with E-state index in [4.69, 9.17) is 11.6 Å². The number of hydrogen-bond acceptors (Lipinski definition) is 3. The van der Waals surface area contributed by atoms with Crippen LogP contribution in [0, 0.1) is 5.92 Å². The van der Waals surface area contributed by atoms with Crippen LogP contribution in [0.5, 0.6) is 0 Å². The maximum absolute atomic E-state index is 6.19. The number of halogens is 2. The highest BCUT2D eigenvalue weighted by molar-refractivity contribution is 9.10. The average molecular weight is 346 g/mol. The number of anilines is 1. The van der Waals surface area contributed by atoms with Gasteiger partial charge < -0.3 is 5.32 Å². The monoisotopic (exact) mass is 344 g/mol. The molecule has 2 nitrogen and oxygen atoms in total. The summed E-state index contributed by atoms with van der Waals surface area (Å²) in [5.74, 6) is 1.19. The number of nitrogens with one attached hydrogen (secondary N) is 1. The molecule has 1 N–H and O–H groups in total. The number of hydrogen-bond donors (Lipinski definition) is 1. The zero-order valence-electron chi connectivity index (χ0n) is 10.2. The molecule has 0 aliphatic heterocycles. The maximum atomic E-state index is 6.19. The van der Waals surface area contributed by atoms with Crippen molar-refractivity contribution in [2.45, 2.75) is 19.9 Å². The molecule has 2 rings (SSSR count). The van der Waals surface area contributed by atoms with Gasteiger partial charge in [0.25, 0.3) is 0 Å². The van der Waals surface area contributed by atoms with Crippen molar-refractivity contribution in [3.05, 3.63) is 44.1 Å². The molecular formula is C13H14BrClN2S. The van der Waals surface area contributed by atoms with Crippen LogP contribution in [0.1, 0.15) is 24.8 Å². The van der Waals surface area contributed by atoms with Crippen LogP contribution in [0.4, 0.5) is 5.82 Å². The predicted molar refractivity (Wildman–Crippen MR) is 82.5 cm³/mol. The minimum absolute atomic E-state index is 0.233. The fourth-order valence-electron chi connectivity index (χ4n) is 1.70. The summed E-state index contributed by atoms with van der Waals surface area (Å²) in [5, 5.41) is 6.14.